The van der Waals surface area contributed by atoms with Crippen molar-refractivity contribution >= 4 is 50.7 Å². The van der Waals surface area contributed by atoms with Gasteiger partial charge in [-0.3, -0.25) is 9.59 Å². The Bertz CT molecular complexity index is 816. The number of nitrogens with two attached hydrogens (primary N) is 1. The van der Waals surface area contributed by atoms with Gasteiger partial charge >= 0.3 is 0 Å². The lowest BCUT2D eigenvalue weighted by molar-refractivity contribution is 0.1000. The largest absolute Gasteiger partial charge is 0.365 e. The van der Waals surface area contributed by atoms with E-state index in [9.17, 15) is 9.59 Å². The highest BCUT2D eigenvalue weighted by molar-refractivity contribution is 14.1. The number of primary amides is 1. The molecule has 4 nitrogen and oxygen atoms in total. The molecule has 1 aromatic carbocycles. The molecular formula is C19H21IN2O2S. The summed E-state index contributed by atoms with van der Waals surface area (Å²) in [6.45, 7) is 2.20. The Morgan fingerprint density at radius 2 is 2.20 bits per heavy atom. The molecule has 3 rings (SSSR count). The van der Waals surface area contributed by atoms with Crippen LogP contribution in [-0.4, -0.2) is 11.8 Å². The van der Waals surface area contributed by atoms with Crippen LogP contribution in [0.3, 0.4) is 0 Å². The van der Waals surface area contributed by atoms with Crippen LogP contribution in [0.2, 0.25) is 0 Å². The fourth-order valence-electron chi connectivity index (χ4n) is 3.46. The van der Waals surface area contributed by atoms with Crippen LogP contribution in [-0.2, 0) is 12.8 Å². The number of nitrogens with one attached hydrogen (secondary N) is 1. The van der Waals surface area contributed by atoms with E-state index in [0.29, 0.717) is 22.0 Å². The minimum Gasteiger partial charge on any atom is -0.365 e. The summed E-state index contributed by atoms with van der Waals surface area (Å²) in [7, 11) is 0. The summed E-state index contributed by atoms with van der Waals surface area (Å²) < 4.78 is 0.994. The van der Waals surface area contributed by atoms with E-state index in [1.165, 1.54) is 29.1 Å². The van der Waals surface area contributed by atoms with Crippen LogP contribution >= 0.6 is 33.9 Å². The van der Waals surface area contributed by atoms with Gasteiger partial charge in [0.25, 0.3) is 11.8 Å². The van der Waals surface area contributed by atoms with Crippen molar-refractivity contribution in [1.82, 2.24) is 0 Å². The van der Waals surface area contributed by atoms with Crippen molar-refractivity contribution in [1.29, 1.82) is 0 Å². The molecule has 1 aromatic heterocycles. The number of benzene rings is 1. The second kappa shape index (κ2) is 7.86. The number of hydrogen-bond acceptors (Lipinski definition) is 3. The van der Waals surface area contributed by atoms with E-state index in [4.69, 9.17) is 5.73 Å². The molecule has 1 aliphatic carbocycles. The summed E-state index contributed by atoms with van der Waals surface area (Å²) >= 11 is 3.69. The topological polar surface area (TPSA) is 72.2 Å². The normalized spacial score (nSPS) is 16.3. The Balaban J connectivity index is 1.89. The van der Waals surface area contributed by atoms with Crippen LogP contribution < -0.4 is 11.1 Å². The molecule has 0 spiro atoms. The molecule has 132 valence electrons. The van der Waals surface area contributed by atoms with E-state index >= 15 is 0 Å². The first kappa shape index (κ1) is 18.4. The summed E-state index contributed by atoms with van der Waals surface area (Å²) in [6.07, 6.45) is 5.31. The lowest BCUT2D eigenvalue weighted by Crippen LogP contribution is -2.20. The van der Waals surface area contributed by atoms with Gasteiger partial charge in [-0.1, -0.05) is 25.8 Å². The molecule has 2 amide bonds. The van der Waals surface area contributed by atoms with E-state index < -0.39 is 5.91 Å². The molecule has 0 fully saturated rings. The Labute approximate surface area is 165 Å². The molecule has 0 aliphatic heterocycles. The fraction of sp³-hybridized carbons (Fsp3) is 0.368. The third-order valence-electron chi connectivity index (χ3n) is 4.62. The van der Waals surface area contributed by atoms with E-state index in [2.05, 4.69) is 34.8 Å². The van der Waals surface area contributed by atoms with E-state index in [0.717, 1.165) is 28.4 Å². The van der Waals surface area contributed by atoms with Gasteiger partial charge in [-0.25, -0.2) is 0 Å². The maximum atomic E-state index is 12.6. The van der Waals surface area contributed by atoms with Crippen molar-refractivity contribution < 1.29 is 9.59 Å². The standard InChI is InChI=1S/C19H21IN2O2S/c1-2-4-11-7-8-14-15(9-11)25-19(16(14)17(21)23)22-18(24)12-5-3-6-13(20)10-12/h3,5-6,10-11H,2,4,7-9H2,1H3,(H2,21,23)(H,22,24)/t11-/m1/s1. The first-order valence-electron chi connectivity index (χ1n) is 8.50. The number of halogens is 1. The molecule has 0 radical (unpaired) electrons. The molecule has 1 heterocycles. The molecule has 1 aliphatic rings. The first-order chi connectivity index (χ1) is 12.0. The van der Waals surface area contributed by atoms with Crippen LogP contribution in [0.15, 0.2) is 24.3 Å². The van der Waals surface area contributed by atoms with Gasteiger partial charge in [-0.2, -0.15) is 0 Å². The summed E-state index contributed by atoms with van der Waals surface area (Å²) in [5.74, 6) is 0.00485. The van der Waals surface area contributed by atoms with E-state index in [1.807, 2.05) is 18.2 Å². The third-order valence-corrected chi connectivity index (χ3v) is 6.47. The number of hydrogen-bond donors (Lipinski definition) is 2. The second-order valence-corrected chi connectivity index (χ2v) is 8.78. The zero-order valence-corrected chi connectivity index (χ0v) is 17.1. The number of carbonyl (C=O) groups excluding carboxylic acids is 2. The van der Waals surface area contributed by atoms with Crippen LogP contribution in [0.1, 0.15) is 57.3 Å². The van der Waals surface area contributed by atoms with Crippen LogP contribution in [0, 0.1) is 9.49 Å². The molecule has 2 aromatic rings. The fourth-order valence-corrected chi connectivity index (χ4v) is 5.37. The average Bonchev–Trinajstić information content (AvgIpc) is 2.92. The maximum absolute atomic E-state index is 12.6. The molecule has 1 atom stereocenters. The zero-order valence-electron chi connectivity index (χ0n) is 14.1. The van der Waals surface area contributed by atoms with Crippen molar-refractivity contribution in [2.24, 2.45) is 11.7 Å². The van der Waals surface area contributed by atoms with Crippen molar-refractivity contribution in [3.05, 3.63) is 49.4 Å². The predicted molar refractivity (Wildman–Crippen MR) is 110 cm³/mol. The van der Waals surface area contributed by atoms with Gasteiger partial charge in [0, 0.05) is 14.0 Å². The summed E-state index contributed by atoms with van der Waals surface area (Å²) in [5.41, 5.74) is 7.76. The van der Waals surface area contributed by atoms with Crippen molar-refractivity contribution in [3.8, 4) is 0 Å². The Morgan fingerprint density at radius 1 is 1.40 bits per heavy atom. The molecule has 25 heavy (non-hydrogen) atoms. The molecule has 0 saturated carbocycles. The number of fused-ring (bicyclic) bond motifs is 1. The SMILES string of the molecule is CCC[C@@H]1CCc2c(sc(NC(=O)c3cccc(I)c3)c2C(N)=O)C1. The zero-order chi connectivity index (χ0) is 18.0. The van der Waals surface area contributed by atoms with Gasteiger partial charge in [0.1, 0.15) is 5.00 Å². The quantitative estimate of drug-likeness (QED) is 0.630. The summed E-state index contributed by atoms with van der Waals surface area (Å²) in [6, 6.07) is 7.38. The molecule has 6 heteroatoms. The molecule has 3 N–H and O–H groups in total. The van der Waals surface area contributed by atoms with Crippen LogP contribution in [0.5, 0.6) is 0 Å². The minimum absolute atomic E-state index is 0.204. The van der Waals surface area contributed by atoms with Crippen molar-refractivity contribution in [2.45, 2.75) is 39.0 Å². The smallest absolute Gasteiger partial charge is 0.256 e. The number of rotatable bonds is 5. The molecule has 0 saturated heterocycles. The van der Waals surface area contributed by atoms with Gasteiger partial charge in [0.15, 0.2) is 0 Å². The minimum atomic E-state index is -0.454. The van der Waals surface area contributed by atoms with Gasteiger partial charge < -0.3 is 11.1 Å². The average molecular weight is 468 g/mol. The highest BCUT2D eigenvalue weighted by Gasteiger charge is 2.28. The van der Waals surface area contributed by atoms with E-state index in [-0.39, 0.29) is 5.91 Å². The van der Waals surface area contributed by atoms with Crippen molar-refractivity contribution in [2.75, 3.05) is 5.32 Å². The lowest BCUT2D eigenvalue weighted by Gasteiger charge is -2.21. The Kier molecular flexibility index (Phi) is 5.78. The number of amides is 2. The number of thiophene rings is 1. The van der Waals surface area contributed by atoms with Gasteiger partial charge in [0.2, 0.25) is 0 Å². The lowest BCUT2D eigenvalue weighted by atomic mass is 9.84. The second-order valence-electron chi connectivity index (χ2n) is 6.43. The Morgan fingerprint density at radius 3 is 2.88 bits per heavy atom. The summed E-state index contributed by atoms with van der Waals surface area (Å²) in [4.78, 5) is 25.8. The van der Waals surface area contributed by atoms with Gasteiger partial charge in [-0.15, -0.1) is 11.3 Å². The maximum Gasteiger partial charge on any atom is 0.256 e. The third kappa shape index (κ3) is 4.06. The number of anilines is 1. The molecular weight excluding hydrogens is 447 g/mol. The summed E-state index contributed by atoms with van der Waals surface area (Å²) in [5, 5.41) is 3.51. The molecule has 0 bridgehead atoms. The van der Waals surface area contributed by atoms with Gasteiger partial charge in [-0.05, 0) is 71.5 Å². The van der Waals surface area contributed by atoms with Crippen LogP contribution in [0.4, 0.5) is 5.00 Å². The predicted octanol–water partition coefficient (Wildman–Crippen LogP) is 4.61. The van der Waals surface area contributed by atoms with Gasteiger partial charge in [0.05, 0.1) is 5.56 Å². The Hall–Kier alpha value is -1.41. The first-order valence-corrected chi connectivity index (χ1v) is 10.4. The monoisotopic (exact) mass is 468 g/mol. The highest BCUT2D eigenvalue weighted by Crippen LogP contribution is 2.40. The van der Waals surface area contributed by atoms with Crippen LogP contribution in [0.25, 0.3) is 0 Å². The number of carbonyl (C=O) groups is 2. The highest BCUT2D eigenvalue weighted by atomic mass is 127. The molecule has 0 unspecified atom stereocenters. The van der Waals surface area contributed by atoms with Crippen molar-refractivity contribution in [3.63, 3.8) is 0 Å². The van der Waals surface area contributed by atoms with E-state index in [1.54, 1.807) is 6.07 Å².